The Morgan fingerprint density at radius 1 is 1.06 bits per heavy atom. The summed E-state index contributed by atoms with van der Waals surface area (Å²) in [4.78, 5) is 14.5. The van der Waals surface area contributed by atoms with Gasteiger partial charge < -0.3 is 15.2 Å². The topological polar surface area (TPSA) is 85.0 Å². The third-order valence-corrected chi connectivity index (χ3v) is 7.13. The van der Waals surface area contributed by atoms with Crippen LogP contribution in [-0.2, 0) is 0 Å². The molecule has 4 heterocycles. The molecule has 2 N–H and O–H groups in total. The smallest absolute Gasteiger partial charge is 0.243 e. The molecule has 0 amide bonds. The molecule has 0 aliphatic heterocycles. The highest BCUT2D eigenvalue weighted by molar-refractivity contribution is 5.89. The minimum absolute atomic E-state index is 0.292. The van der Waals surface area contributed by atoms with Crippen LogP contribution in [0.25, 0.3) is 27.9 Å². The zero-order valence-electron chi connectivity index (χ0n) is 21.0. The Morgan fingerprint density at radius 3 is 2.56 bits per heavy atom. The van der Waals surface area contributed by atoms with E-state index in [4.69, 9.17) is 15.1 Å². The van der Waals surface area contributed by atoms with Gasteiger partial charge in [-0.15, -0.1) is 5.10 Å². The summed E-state index contributed by atoms with van der Waals surface area (Å²) in [5, 5.41) is 11.7. The van der Waals surface area contributed by atoms with Gasteiger partial charge in [0.05, 0.1) is 5.69 Å². The van der Waals surface area contributed by atoms with E-state index in [1.165, 1.54) is 38.5 Å². The molecule has 1 saturated carbocycles. The second kappa shape index (κ2) is 9.24. The number of rotatable bonds is 7. The van der Waals surface area contributed by atoms with Gasteiger partial charge in [0.15, 0.2) is 11.5 Å². The first-order valence-electron chi connectivity index (χ1n) is 12.7. The monoisotopic (exact) mass is 460 g/mol. The number of nitrogens with zero attached hydrogens (tertiary/aromatic N) is 6. The fraction of sp³-hybridized carbons (Fsp3) is 0.538. The average molecular weight is 461 g/mol. The highest BCUT2D eigenvalue weighted by atomic mass is 15.3. The molecule has 0 aromatic carbocycles. The van der Waals surface area contributed by atoms with Crippen molar-refractivity contribution in [3.05, 3.63) is 30.2 Å². The van der Waals surface area contributed by atoms with Crippen LogP contribution in [0.15, 0.2) is 24.4 Å². The Labute approximate surface area is 201 Å². The largest absolute Gasteiger partial charge is 0.371 e. The van der Waals surface area contributed by atoms with Gasteiger partial charge in [0, 0.05) is 30.9 Å². The van der Waals surface area contributed by atoms with Gasteiger partial charge in [-0.3, -0.25) is 0 Å². The molecular weight excluding hydrogens is 424 g/mol. The molecule has 4 aromatic heterocycles. The number of anilines is 2. The summed E-state index contributed by atoms with van der Waals surface area (Å²) in [6.07, 6.45) is 9.58. The van der Waals surface area contributed by atoms with Crippen molar-refractivity contribution in [2.24, 2.45) is 5.92 Å². The number of aryl methyl sites for hydroxylation is 1. The van der Waals surface area contributed by atoms with E-state index in [0.717, 1.165) is 45.5 Å². The first-order chi connectivity index (χ1) is 16.5. The van der Waals surface area contributed by atoms with E-state index >= 15 is 0 Å². The number of nitrogens with one attached hydrogen (secondary N) is 2. The maximum atomic E-state index is 5.01. The second-order valence-corrected chi connectivity index (χ2v) is 9.87. The van der Waals surface area contributed by atoms with Crippen LogP contribution in [0.5, 0.6) is 0 Å². The molecule has 1 fully saturated rings. The first kappa shape index (κ1) is 22.6. The molecule has 0 bridgehead atoms. The van der Waals surface area contributed by atoms with E-state index in [9.17, 15) is 0 Å². The maximum absolute atomic E-state index is 5.01. The van der Waals surface area contributed by atoms with Gasteiger partial charge in [-0.25, -0.2) is 14.5 Å². The van der Waals surface area contributed by atoms with E-state index in [1.807, 2.05) is 30.8 Å². The molecule has 34 heavy (non-hydrogen) atoms. The standard InChI is InChI=1S/C26H36N8/c1-6-7-18-8-10-19(11-9-18)29-26-31-24(27-5)23-20(14-15-33(23)32-26)21-12-13-22-25(30-21)34(16(2)3)17(4)28-22/h12-16,18-19H,6-11H2,1-5H3,(H2,27,29,31,32). The highest BCUT2D eigenvalue weighted by Gasteiger charge is 2.22. The van der Waals surface area contributed by atoms with Crippen molar-refractivity contribution in [3.8, 4) is 11.3 Å². The predicted molar refractivity (Wildman–Crippen MR) is 138 cm³/mol. The van der Waals surface area contributed by atoms with E-state index in [-0.39, 0.29) is 0 Å². The molecule has 1 aliphatic carbocycles. The molecule has 180 valence electrons. The van der Waals surface area contributed by atoms with Crippen LogP contribution < -0.4 is 10.6 Å². The van der Waals surface area contributed by atoms with E-state index in [1.54, 1.807) is 0 Å². The Balaban J connectivity index is 1.47. The Hall–Kier alpha value is -3.16. The zero-order valence-corrected chi connectivity index (χ0v) is 21.0. The van der Waals surface area contributed by atoms with Gasteiger partial charge in [0.2, 0.25) is 5.95 Å². The zero-order chi connectivity index (χ0) is 23.8. The lowest BCUT2D eigenvalue weighted by Gasteiger charge is -2.29. The Morgan fingerprint density at radius 2 is 1.85 bits per heavy atom. The van der Waals surface area contributed by atoms with E-state index < -0.39 is 0 Å². The lowest BCUT2D eigenvalue weighted by atomic mass is 9.83. The highest BCUT2D eigenvalue weighted by Crippen LogP contribution is 2.32. The molecule has 0 spiro atoms. The minimum Gasteiger partial charge on any atom is -0.371 e. The van der Waals surface area contributed by atoms with Crippen LogP contribution in [0.2, 0.25) is 0 Å². The van der Waals surface area contributed by atoms with E-state index in [0.29, 0.717) is 18.0 Å². The number of hydrogen-bond acceptors (Lipinski definition) is 6. The van der Waals surface area contributed by atoms with Crippen LogP contribution in [0.3, 0.4) is 0 Å². The van der Waals surface area contributed by atoms with Crippen molar-refractivity contribution in [1.82, 2.24) is 29.1 Å². The minimum atomic E-state index is 0.292. The molecule has 0 saturated heterocycles. The lowest BCUT2D eigenvalue weighted by Crippen LogP contribution is -2.27. The molecule has 8 heteroatoms. The van der Waals surface area contributed by atoms with Crippen molar-refractivity contribution < 1.29 is 0 Å². The Bertz CT molecular complexity index is 1290. The summed E-state index contributed by atoms with van der Waals surface area (Å²) in [5.74, 6) is 3.34. The fourth-order valence-electron chi connectivity index (χ4n) is 5.51. The van der Waals surface area contributed by atoms with Gasteiger partial charge in [-0.2, -0.15) is 4.98 Å². The summed E-state index contributed by atoms with van der Waals surface area (Å²) in [7, 11) is 1.91. The normalized spacial score (nSPS) is 18.8. The molecule has 5 rings (SSSR count). The lowest BCUT2D eigenvalue weighted by molar-refractivity contribution is 0.318. The van der Waals surface area contributed by atoms with Crippen molar-refractivity contribution in [2.45, 2.75) is 78.3 Å². The van der Waals surface area contributed by atoms with Crippen molar-refractivity contribution >= 4 is 28.4 Å². The molecule has 0 unspecified atom stereocenters. The second-order valence-electron chi connectivity index (χ2n) is 9.87. The number of hydrogen-bond donors (Lipinski definition) is 2. The number of aromatic nitrogens is 6. The summed E-state index contributed by atoms with van der Waals surface area (Å²) >= 11 is 0. The summed E-state index contributed by atoms with van der Waals surface area (Å²) in [6, 6.07) is 6.89. The SMILES string of the molecule is CCCC1CCC(Nc2nc(NC)c3c(-c4ccc5nc(C)n(C(C)C)c5n4)ccn3n2)CC1. The van der Waals surface area contributed by atoms with Gasteiger partial charge in [0.1, 0.15) is 16.9 Å². The summed E-state index contributed by atoms with van der Waals surface area (Å²) < 4.78 is 4.10. The molecule has 1 aliphatic rings. The number of pyridine rings is 1. The van der Waals surface area contributed by atoms with Gasteiger partial charge in [-0.1, -0.05) is 19.8 Å². The average Bonchev–Trinajstić information content (AvgIpc) is 3.39. The molecule has 0 atom stereocenters. The van der Waals surface area contributed by atoms with Gasteiger partial charge in [-0.05, 0) is 70.6 Å². The van der Waals surface area contributed by atoms with Crippen LogP contribution in [0.4, 0.5) is 11.8 Å². The van der Waals surface area contributed by atoms with Crippen molar-refractivity contribution in [2.75, 3.05) is 17.7 Å². The van der Waals surface area contributed by atoms with Crippen LogP contribution >= 0.6 is 0 Å². The third kappa shape index (κ3) is 4.10. The van der Waals surface area contributed by atoms with Crippen molar-refractivity contribution in [3.63, 3.8) is 0 Å². The number of imidazole rings is 1. The predicted octanol–water partition coefficient (Wildman–Crippen LogP) is 5.84. The van der Waals surface area contributed by atoms with E-state index in [2.05, 4.69) is 53.1 Å². The first-order valence-corrected chi connectivity index (χ1v) is 12.7. The molecule has 4 aromatic rings. The third-order valence-electron chi connectivity index (χ3n) is 7.13. The molecular formula is C26H36N8. The summed E-state index contributed by atoms with van der Waals surface area (Å²) in [6.45, 7) is 8.64. The van der Waals surface area contributed by atoms with Crippen LogP contribution in [0.1, 0.15) is 71.2 Å². The molecule has 8 nitrogen and oxygen atoms in total. The summed E-state index contributed by atoms with van der Waals surface area (Å²) in [5.41, 5.74) is 4.66. The number of fused-ring (bicyclic) bond motifs is 2. The van der Waals surface area contributed by atoms with Crippen molar-refractivity contribution in [1.29, 1.82) is 0 Å². The quantitative estimate of drug-likeness (QED) is 0.360. The van der Waals surface area contributed by atoms with Gasteiger partial charge in [0.25, 0.3) is 0 Å². The fourth-order valence-corrected chi connectivity index (χ4v) is 5.51. The van der Waals surface area contributed by atoms with Crippen LogP contribution in [-0.4, -0.2) is 42.2 Å². The molecule has 0 radical (unpaired) electrons. The van der Waals surface area contributed by atoms with Crippen LogP contribution in [0, 0.1) is 12.8 Å². The Kier molecular flexibility index (Phi) is 6.15. The maximum Gasteiger partial charge on any atom is 0.243 e. The van der Waals surface area contributed by atoms with Gasteiger partial charge >= 0.3 is 0 Å².